The summed E-state index contributed by atoms with van der Waals surface area (Å²) in [4.78, 5) is 18.0. The van der Waals surface area contributed by atoms with Crippen LogP contribution < -0.4 is 9.64 Å². The smallest absolute Gasteiger partial charge is 0.257 e. The van der Waals surface area contributed by atoms with Gasteiger partial charge < -0.3 is 14.5 Å². The van der Waals surface area contributed by atoms with E-state index in [1.54, 1.807) is 11.8 Å². The lowest BCUT2D eigenvalue weighted by Crippen LogP contribution is -2.35. The third kappa shape index (κ3) is 4.80. The molecule has 0 radical (unpaired) electrons. The van der Waals surface area contributed by atoms with Crippen molar-refractivity contribution in [2.24, 2.45) is 0 Å². The van der Waals surface area contributed by atoms with Crippen molar-refractivity contribution in [2.45, 2.75) is 6.42 Å². The van der Waals surface area contributed by atoms with Gasteiger partial charge in [-0.15, -0.1) is 0 Å². The Morgan fingerprint density at radius 3 is 2.33 bits per heavy atom. The SMILES string of the molecule is COc1ccc(-c2nn(-c3ccccc3)cc2C(=O)N2CCCN(c3ccc(C#N)cc3)CC2)cc1. The molecule has 1 aliphatic rings. The maximum absolute atomic E-state index is 13.8. The molecule has 180 valence electrons. The summed E-state index contributed by atoms with van der Waals surface area (Å²) in [6.07, 6.45) is 2.69. The second-order valence-corrected chi connectivity index (χ2v) is 8.69. The van der Waals surface area contributed by atoms with E-state index in [0.29, 0.717) is 29.9 Å². The van der Waals surface area contributed by atoms with Crippen LogP contribution in [0.25, 0.3) is 16.9 Å². The van der Waals surface area contributed by atoms with Crippen LogP contribution >= 0.6 is 0 Å². The van der Waals surface area contributed by atoms with Crippen molar-refractivity contribution in [1.82, 2.24) is 14.7 Å². The molecule has 7 nitrogen and oxygen atoms in total. The molecule has 0 aliphatic carbocycles. The Balaban J connectivity index is 1.42. The van der Waals surface area contributed by atoms with E-state index in [2.05, 4.69) is 11.0 Å². The fourth-order valence-electron chi connectivity index (χ4n) is 4.50. The number of anilines is 1. The first-order valence-electron chi connectivity index (χ1n) is 12.0. The molecule has 0 atom stereocenters. The number of benzene rings is 3. The summed E-state index contributed by atoms with van der Waals surface area (Å²) in [7, 11) is 1.63. The Bertz CT molecular complexity index is 1370. The van der Waals surface area contributed by atoms with Gasteiger partial charge in [-0.05, 0) is 67.1 Å². The molecule has 0 N–H and O–H groups in total. The van der Waals surface area contributed by atoms with Crippen LogP contribution in [0.1, 0.15) is 22.3 Å². The highest BCUT2D eigenvalue weighted by Gasteiger charge is 2.25. The highest BCUT2D eigenvalue weighted by molar-refractivity contribution is 6.00. The van der Waals surface area contributed by atoms with Crippen LogP contribution in [0.15, 0.2) is 85.1 Å². The molecule has 5 rings (SSSR count). The van der Waals surface area contributed by atoms with E-state index in [0.717, 1.165) is 42.2 Å². The Hall–Kier alpha value is -4.57. The normalized spacial score (nSPS) is 13.7. The van der Waals surface area contributed by atoms with Gasteiger partial charge >= 0.3 is 0 Å². The standard InChI is InChI=1S/C29H27N5O2/c1-36-26-14-10-23(11-15-26)28-27(21-34(31-28)25-6-3-2-4-7-25)29(35)33-17-5-16-32(18-19-33)24-12-8-22(20-30)9-13-24/h2-4,6-15,21H,5,16-19H2,1H3. The maximum Gasteiger partial charge on any atom is 0.257 e. The molecule has 1 aromatic heterocycles. The molecule has 4 aromatic rings. The van der Waals surface area contributed by atoms with Crippen molar-refractivity contribution in [3.63, 3.8) is 0 Å². The quantitative estimate of drug-likeness (QED) is 0.414. The van der Waals surface area contributed by atoms with E-state index in [-0.39, 0.29) is 5.91 Å². The molecule has 1 aliphatic heterocycles. The number of nitriles is 1. The van der Waals surface area contributed by atoms with E-state index < -0.39 is 0 Å². The predicted molar refractivity (Wildman–Crippen MR) is 139 cm³/mol. The van der Waals surface area contributed by atoms with Crippen LogP contribution in [0.3, 0.4) is 0 Å². The topological polar surface area (TPSA) is 74.4 Å². The van der Waals surface area contributed by atoms with Gasteiger partial charge in [-0.3, -0.25) is 4.79 Å². The zero-order chi connectivity index (χ0) is 24.9. The summed E-state index contributed by atoms with van der Waals surface area (Å²) in [6, 6.07) is 27.2. The molecule has 3 aromatic carbocycles. The first-order valence-corrected chi connectivity index (χ1v) is 12.0. The van der Waals surface area contributed by atoms with Gasteiger partial charge in [0.15, 0.2) is 0 Å². The van der Waals surface area contributed by atoms with Crippen LogP contribution in [0.5, 0.6) is 5.75 Å². The molecule has 1 amide bonds. The van der Waals surface area contributed by atoms with Gasteiger partial charge in [0.2, 0.25) is 0 Å². The number of methoxy groups -OCH3 is 1. The van der Waals surface area contributed by atoms with E-state index >= 15 is 0 Å². The fraction of sp³-hybridized carbons (Fsp3) is 0.207. The van der Waals surface area contributed by atoms with Crippen LogP contribution in [0.2, 0.25) is 0 Å². The summed E-state index contributed by atoms with van der Waals surface area (Å²) in [5.74, 6) is 0.731. The van der Waals surface area contributed by atoms with Crippen LogP contribution in [-0.4, -0.2) is 53.9 Å². The van der Waals surface area contributed by atoms with Gasteiger partial charge in [-0.2, -0.15) is 10.4 Å². The molecule has 0 saturated carbocycles. The van der Waals surface area contributed by atoms with Gasteiger partial charge in [0, 0.05) is 43.6 Å². The molecule has 2 heterocycles. The summed E-state index contributed by atoms with van der Waals surface area (Å²) < 4.78 is 7.08. The second kappa shape index (κ2) is 10.4. The average Bonchev–Trinajstić information content (AvgIpc) is 3.24. The Labute approximate surface area is 210 Å². The number of nitrogens with zero attached hydrogens (tertiary/aromatic N) is 5. The molecule has 0 bridgehead atoms. The van der Waals surface area contributed by atoms with E-state index in [1.807, 2.05) is 90.0 Å². The third-order valence-corrected chi connectivity index (χ3v) is 6.47. The highest BCUT2D eigenvalue weighted by Crippen LogP contribution is 2.27. The molecule has 36 heavy (non-hydrogen) atoms. The van der Waals surface area contributed by atoms with Gasteiger partial charge in [-0.25, -0.2) is 4.68 Å². The first kappa shape index (κ1) is 23.2. The maximum atomic E-state index is 13.8. The van der Waals surface area contributed by atoms with E-state index in [1.165, 1.54) is 0 Å². The average molecular weight is 478 g/mol. The monoisotopic (exact) mass is 477 g/mol. The number of carbonyl (C=O) groups is 1. The Morgan fingerprint density at radius 1 is 0.889 bits per heavy atom. The van der Waals surface area contributed by atoms with Crippen molar-refractivity contribution in [3.05, 3.63) is 96.2 Å². The number of ether oxygens (including phenoxy) is 1. The van der Waals surface area contributed by atoms with Gasteiger partial charge in [0.25, 0.3) is 5.91 Å². The lowest BCUT2D eigenvalue weighted by molar-refractivity contribution is 0.0767. The van der Waals surface area contributed by atoms with Crippen molar-refractivity contribution in [3.8, 4) is 28.8 Å². The minimum absolute atomic E-state index is 0.0234. The minimum atomic E-state index is -0.0234. The van der Waals surface area contributed by atoms with Gasteiger partial charge in [0.1, 0.15) is 11.4 Å². The zero-order valence-electron chi connectivity index (χ0n) is 20.2. The number of para-hydroxylation sites is 1. The van der Waals surface area contributed by atoms with Crippen LogP contribution in [0, 0.1) is 11.3 Å². The first-order chi connectivity index (χ1) is 17.7. The third-order valence-electron chi connectivity index (χ3n) is 6.47. The van der Waals surface area contributed by atoms with Crippen molar-refractivity contribution < 1.29 is 9.53 Å². The zero-order valence-corrected chi connectivity index (χ0v) is 20.2. The van der Waals surface area contributed by atoms with Crippen LogP contribution in [0.4, 0.5) is 5.69 Å². The van der Waals surface area contributed by atoms with Crippen LogP contribution in [-0.2, 0) is 0 Å². The molecule has 1 fully saturated rings. The van der Waals surface area contributed by atoms with E-state index in [4.69, 9.17) is 15.1 Å². The Kier molecular flexibility index (Phi) is 6.67. The molecular weight excluding hydrogens is 450 g/mol. The Morgan fingerprint density at radius 2 is 1.64 bits per heavy atom. The lowest BCUT2D eigenvalue weighted by Gasteiger charge is -2.23. The summed E-state index contributed by atoms with van der Waals surface area (Å²) in [5.41, 5.74) is 4.71. The second-order valence-electron chi connectivity index (χ2n) is 8.69. The lowest BCUT2D eigenvalue weighted by atomic mass is 10.1. The van der Waals surface area contributed by atoms with Crippen molar-refractivity contribution in [1.29, 1.82) is 5.26 Å². The van der Waals surface area contributed by atoms with Crippen molar-refractivity contribution in [2.75, 3.05) is 38.2 Å². The number of carbonyl (C=O) groups excluding carboxylic acids is 1. The largest absolute Gasteiger partial charge is 0.497 e. The number of hydrogen-bond acceptors (Lipinski definition) is 5. The molecule has 1 saturated heterocycles. The number of amides is 1. The molecule has 7 heteroatoms. The molecular formula is C29H27N5O2. The summed E-state index contributed by atoms with van der Waals surface area (Å²) in [5, 5.41) is 13.9. The van der Waals surface area contributed by atoms with Gasteiger partial charge in [-0.1, -0.05) is 18.2 Å². The number of aromatic nitrogens is 2. The van der Waals surface area contributed by atoms with Gasteiger partial charge in [0.05, 0.1) is 30.0 Å². The van der Waals surface area contributed by atoms with E-state index in [9.17, 15) is 4.79 Å². The predicted octanol–water partition coefficient (Wildman–Crippen LogP) is 4.77. The van der Waals surface area contributed by atoms with Crippen molar-refractivity contribution >= 4 is 11.6 Å². The molecule has 0 unspecified atom stereocenters. The number of hydrogen-bond donors (Lipinski definition) is 0. The number of rotatable bonds is 5. The molecule has 0 spiro atoms. The summed E-state index contributed by atoms with van der Waals surface area (Å²) >= 11 is 0. The highest BCUT2D eigenvalue weighted by atomic mass is 16.5. The summed E-state index contributed by atoms with van der Waals surface area (Å²) in [6.45, 7) is 2.86. The minimum Gasteiger partial charge on any atom is -0.497 e. The fourth-order valence-corrected chi connectivity index (χ4v) is 4.50.